The smallest absolute Gasteiger partial charge is 0.125 e. The lowest BCUT2D eigenvalue weighted by Crippen LogP contribution is -1.82. The number of phenols is 1. The Labute approximate surface area is 110 Å². The molecule has 0 spiro atoms. The molecule has 0 radical (unpaired) electrons. The first kappa shape index (κ1) is 11.4. The molecule has 0 saturated carbocycles. The molecule has 0 heterocycles. The fraction of sp³-hybridized carbons (Fsp3) is 0. The lowest BCUT2D eigenvalue weighted by molar-refractivity contribution is 0.477. The van der Waals surface area contributed by atoms with E-state index in [1.807, 2.05) is 42.5 Å². The van der Waals surface area contributed by atoms with Gasteiger partial charge < -0.3 is 5.11 Å². The van der Waals surface area contributed by atoms with Crippen molar-refractivity contribution < 1.29 is 5.11 Å². The van der Waals surface area contributed by atoms with Crippen molar-refractivity contribution in [3.63, 3.8) is 0 Å². The Bertz CT molecular complexity index is 760. The van der Waals surface area contributed by atoms with Crippen LogP contribution in [0, 0.1) is 5.53 Å². The maximum Gasteiger partial charge on any atom is 0.125 e. The third kappa shape index (κ3) is 1.95. The Morgan fingerprint density at radius 3 is 2.42 bits per heavy atom. The highest BCUT2D eigenvalue weighted by Crippen LogP contribution is 2.36. The summed E-state index contributed by atoms with van der Waals surface area (Å²) in [4.78, 5) is 0. The standard InChI is InChI=1S/C16H12N2O/c17-18-12-8-9-15(16(19)10-12)14-7-3-5-11-4-1-2-6-13(11)14/h1-10,17,19H. The molecule has 2 N–H and O–H groups in total. The van der Waals surface area contributed by atoms with Crippen molar-refractivity contribution in [2.75, 3.05) is 0 Å². The Balaban J connectivity index is 2.27. The molecule has 92 valence electrons. The van der Waals surface area contributed by atoms with Crippen molar-refractivity contribution in [3.05, 3.63) is 60.7 Å². The number of hydrogen-bond acceptors (Lipinski definition) is 3. The van der Waals surface area contributed by atoms with Gasteiger partial charge in [0.05, 0.1) is 5.69 Å². The molecule has 19 heavy (non-hydrogen) atoms. The molecule has 3 aromatic carbocycles. The summed E-state index contributed by atoms with van der Waals surface area (Å²) in [5, 5.41) is 15.6. The van der Waals surface area contributed by atoms with Gasteiger partial charge in [-0.2, -0.15) is 5.11 Å². The molecule has 3 rings (SSSR count). The zero-order valence-electron chi connectivity index (χ0n) is 10.2. The largest absolute Gasteiger partial charge is 0.507 e. The first-order valence-electron chi connectivity index (χ1n) is 5.98. The van der Waals surface area contributed by atoms with Gasteiger partial charge in [-0.1, -0.05) is 42.5 Å². The highest BCUT2D eigenvalue weighted by Gasteiger charge is 2.08. The topological polar surface area (TPSA) is 56.4 Å². The van der Waals surface area contributed by atoms with Gasteiger partial charge in [0.25, 0.3) is 0 Å². The second kappa shape index (κ2) is 4.53. The van der Waals surface area contributed by atoms with Crippen LogP contribution >= 0.6 is 0 Å². The number of aromatic hydroxyl groups is 1. The summed E-state index contributed by atoms with van der Waals surface area (Å²) >= 11 is 0. The number of rotatable bonds is 2. The molecular weight excluding hydrogens is 236 g/mol. The number of nitrogens with one attached hydrogen (secondary N) is 1. The molecule has 0 unspecified atom stereocenters. The average Bonchev–Trinajstić information content (AvgIpc) is 2.46. The summed E-state index contributed by atoms with van der Waals surface area (Å²) in [6.07, 6.45) is 0. The van der Waals surface area contributed by atoms with E-state index in [1.54, 1.807) is 12.1 Å². The predicted molar refractivity (Wildman–Crippen MR) is 75.9 cm³/mol. The Kier molecular flexibility index (Phi) is 2.72. The van der Waals surface area contributed by atoms with Crippen LogP contribution in [0.4, 0.5) is 5.69 Å². The van der Waals surface area contributed by atoms with E-state index in [0.717, 1.165) is 21.9 Å². The van der Waals surface area contributed by atoms with Crippen LogP contribution in [0.5, 0.6) is 5.75 Å². The van der Waals surface area contributed by atoms with Crippen LogP contribution < -0.4 is 0 Å². The van der Waals surface area contributed by atoms with E-state index in [4.69, 9.17) is 5.53 Å². The third-order valence-electron chi connectivity index (χ3n) is 3.19. The highest BCUT2D eigenvalue weighted by molar-refractivity contribution is 5.98. The summed E-state index contributed by atoms with van der Waals surface area (Å²) in [5.74, 6) is 0.143. The fourth-order valence-corrected chi connectivity index (χ4v) is 2.28. The summed E-state index contributed by atoms with van der Waals surface area (Å²) in [5.41, 5.74) is 9.14. The summed E-state index contributed by atoms with van der Waals surface area (Å²) < 4.78 is 0. The van der Waals surface area contributed by atoms with Gasteiger partial charge >= 0.3 is 0 Å². The number of phenolic OH excluding ortho intramolecular Hbond substituents is 1. The summed E-state index contributed by atoms with van der Waals surface area (Å²) in [6.45, 7) is 0. The molecule has 3 nitrogen and oxygen atoms in total. The van der Waals surface area contributed by atoms with Gasteiger partial charge in [0.1, 0.15) is 5.75 Å². The number of fused-ring (bicyclic) bond motifs is 1. The van der Waals surface area contributed by atoms with Crippen LogP contribution in [-0.4, -0.2) is 5.11 Å². The predicted octanol–water partition coefficient (Wildman–Crippen LogP) is 4.87. The third-order valence-corrected chi connectivity index (χ3v) is 3.19. The van der Waals surface area contributed by atoms with Crippen molar-refractivity contribution in [2.24, 2.45) is 5.11 Å². The Morgan fingerprint density at radius 2 is 1.63 bits per heavy atom. The van der Waals surface area contributed by atoms with E-state index in [2.05, 4.69) is 5.11 Å². The van der Waals surface area contributed by atoms with Gasteiger partial charge in [-0.05, 0) is 28.5 Å². The molecule has 0 fully saturated rings. The van der Waals surface area contributed by atoms with E-state index in [-0.39, 0.29) is 5.75 Å². The minimum Gasteiger partial charge on any atom is -0.507 e. The molecule has 3 heteroatoms. The monoisotopic (exact) mass is 248 g/mol. The molecule has 0 aliphatic heterocycles. The molecule has 0 atom stereocenters. The SMILES string of the molecule is N=Nc1ccc(-c2cccc3ccccc23)c(O)c1. The van der Waals surface area contributed by atoms with Crippen LogP contribution in [0.3, 0.4) is 0 Å². The van der Waals surface area contributed by atoms with E-state index in [0.29, 0.717) is 5.69 Å². The first-order valence-corrected chi connectivity index (χ1v) is 5.98. The van der Waals surface area contributed by atoms with E-state index in [1.165, 1.54) is 6.07 Å². The van der Waals surface area contributed by atoms with E-state index >= 15 is 0 Å². The second-order valence-electron chi connectivity index (χ2n) is 4.34. The molecule has 0 aromatic heterocycles. The molecule has 0 aliphatic rings. The van der Waals surface area contributed by atoms with Crippen molar-refractivity contribution in [3.8, 4) is 16.9 Å². The van der Waals surface area contributed by atoms with Crippen LogP contribution in [0.2, 0.25) is 0 Å². The lowest BCUT2D eigenvalue weighted by atomic mass is 9.97. The number of benzene rings is 3. The summed E-state index contributed by atoms with van der Waals surface area (Å²) in [6, 6.07) is 19.1. The van der Waals surface area contributed by atoms with Crippen LogP contribution in [0.1, 0.15) is 0 Å². The number of hydrogen-bond donors (Lipinski definition) is 2. The molecule has 0 aliphatic carbocycles. The lowest BCUT2D eigenvalue weighted by Gasteiger charge is -2.09. The minimum absolute atomic E-state index is 0.143. The maximum atomic E-state index is 10.1. The van der Waals surface area contributed by atoms with Crippen molar-refractivity contribution in [1.82, 2.24) is 0 Å². The van der Waals surface area contributed by atoms with Crippen molar-refractivity contribution in [2.45, 2.75) is 0 Å². The van der Waals surface area contributed by atoms with Gasteiger partial charge in [-0.25, -0.2) is 5.53 Å². The molecule has 0 amide bonds. The van der Waals surface area contributed by atoms with Gasteiger partial charge in [0, 0.05) is 11.6 Å². The van der Waals surface area contributed by atoms with Crippen LogP contribution in [-0.2, 0) is 0 Å². The van der Waals surface area contributed by atoms with Gasteiger partial charge in [-0.3, -0.25) is 0 Å². The fourth-order valence-electron chi connectivity index (χ4n) is 2.28. The molecular formula is C16H12N2O. The van der Waals surface area contributed by atoms with Gasteiger partial charge in [-0.15, -0.1) is 0 Å². The first-order chi connectivity index (χ1) is 9.29. The summed E-state index contributed by atoms with van der Waals surface area (Å²) in [7, 11) is 0. The van der Waals surface area contributed by atoms with Crippen LogP contribution in [0.15, 0.2) is 65.8 Å². The zero-order valence-corrected chi connectivity index (χ0v) is 10.2. The molecule has 3 aromatic rings. The second-order valence-corrected chi connectivity index (χ2v) is 4.34. The maximum absolute atomic E-state index is 10.1. The van der Waals surface area contributed by atoms with Crippen molar-refractivity contribution in [1.29, 1.82) is 5.53 Å². The van der Waals surface area contributed by atoms with E-state index < -0.39 is 0 Å². The van der Waals surface area contributed by atoms with Gasteiger partial charge in [0.15, 0.2) is 0 Å². The van der Waals surface area contributed by atoms with Crippen molar-refractivity contribution >= 4 is 16.5 Å². The molecule has 0 saturated heterocycles. The van der Waals surface area contributed by atoms with E-state index in [9.17, 15) is 5.11 Å². The Hall–Kier alpha value is -2.68. The highest BCUT2D eigenvalue weighted by atomic mass is 16.3. The van der Waals surface area contributed by atoms with Gasteiger partial charge in [0.2, 0.25) is 0 Å². The molecule has 0 bridgehead atoms. The Morgan fingerprint density at radius 1 is 0.842 bits per heavy atom. The normalized spacial score (nSPS) is 10.5. The quantitative estimate of drug-likeness (QED) is 0.624. The average molecular weight is 248 g/mol. The zero-order chi connectivity index (χ0) is 13.2. The number of nitrogens with zero attached hydrogens (tertiary/aromatic N) is 1. The van der Waals surface area contributed by atoms with Crippen LogP contribution in [0.25, 0.3) is 21.9 Å². The minimum atomic E-state index is 0.143.